The van der Waals surface area contributed by atoms with Gasteiger partial charge in [-0.1, -0.05) is 36.4 Å². The van der Waals surface area contributed by atoms with Crippen LogP contribution in [0.3, 0.4) is 0 Å². The zero-order valence-corrected chi connectivity index (χ0v) is 16.7. The van der Waals surface area contributed by atoms with Crippen molar-refractivity contribution in [3.05, 3.63) is 59.7 Å². The van der Waals surface area contributed by atoms with E-state index in [2.05, 4.69) is 5.32 Å². The highest BCUT2D eigenvalue weighted by molar-refractivity contribution is 5.77. The first-order valence-electron chi connectivity index (χ1n) is 9.77. The summed E-state index contributed by atoms with van der Waals surface area (Å²) >= 11 is 0. The van der Waals surface area contributed by atoms with E-state index >= 15 is 0 Å². The van der Waals surface area contributed by atoms with E-state index in [0.717, 1.165) is 11.1 Å². The van der Waals surface area contributed by atoms with Crippen molar-refractivity contribution in [1.29, 1.82) is 0 Å². The molecule has 1 amide bonds. The van der Waals surface area contributed by atoms with Crippen LogP contribution >= 0.6 is 0 Å². The summed E-state index contributed by atoms with van der Waals surface area (Å²) in [6, 6.07) is 13.5. The Bertz CT molecular complexity index is 856. The number of aliphatic hydroxyl groups is 1. The number of esters is 1. The number of rotatable bonds is 8. The molecule has 0 spiro atoms. The van der Waals surface area contributed by atoms with Crippen molar-refractivity contribution in [1.82, 2.24) is 5.32 Å². The summed E-state index contributed by atoms with van der Waals surface area (Å²) in [5.74, 6) is 0.371. The SMILES string of the molecule is CCOC(=O)NC(Cc1ccc2c(c1)OCCO2)C(O)C(=O)OCc1ccccc1. The van der Waals surface area contributed by atoms with Crippen LogP contribution in [0.25, 0.3) is 0 Å². The number of ether oxygens (including phenoxy) is 4. The molecular weight excluding hydrogens is 390 g/mol. The highest BCUT2D eigenvalue weighted by Crippen LogP contribution is 2.31. The third kappa shape index (κ3) is 5.87. The summed E-state index contributed by atoms with van der Waals surface area (Å²) < 4.78 is 21.2. The summed E-state index contributed by atoms with van der Waals surface area (Å²) in [6.07, 6.45) is -2.14. The molecule has 1 heterocycles. The van der Waals surface area contributed by atoms with E-state index in [1.807, 2.05) is 30.3 Å². The van der Waals surface area contributed by atoms with Gasteiger partial charge in [-0.05, 0) is 36.6 Å². The predicted molar refractivity (Wildman–Crippen MR) is 107 cm³/mol. The highest BCUT2D eigenvalue weighted by Gasteiger charge is 2.30. The van der Waals surface area contributed by atoms with Crippen molar-refractivity contribution in [2.75, 3.05) is 19.8 Å². The first-order valence-corrected chi connectivity index (χ1v) is 9.77. The molecule has 8 heteroatoms. The first kappa shape index (κ1) is 21.4. The maximum Gasteiger partial charge on any atom is 0.407 e. The van der Waals surface area contributed by atoms with Crippen molar-refractivity contribution in [3.63, 3.8) is 0 Å². The molecular formula is C22H25NO7. The fraction of sp³-hybridized carbons (Fsp3) is 0.364. The second kappa shape index (κ2) is 10.5. The van der Waals surface area contributed by atoms with Crippen LogP contribution in [0.2, 0.25) is 0 Å². The fourth-order valence-corrected chi connectivity index (χ4v) is 3.01. The van der Waals surface area contributed by atoms with Crippen LogP contribution in [0.1, 0.15) is 18.1 Å². The van der Waals surface area contributed by atoms with Crippen LogP contribution in [0.15, 0.2) is 48.5 Å². The first-order chi connectivity index (χ1) is 14.6. The van der Waals surface area contributed by atoms with Gasteiger partial charge in [0.05, 0.1) is 12.6 Å². The third-order valence-electron chi connectivity index (χ3n) is 4.49. The lowest BCUT2D eigenvalue weighted by atomic mass is 10.0. The van der Waals surface area contributed by atoms with Gasteiger partial charge < -0.3 is 29.4 Å². The summed E-state index contributed by atoms with van der Waals surface area (Å²) in [6.45, 7) is 2.77. The molecule has 2 atom stereocenters. The smallest absolute Gasteiger partial charge is 0.407 e. The Kier molecular flexibility index (Phi) is 7.51. The maximum absolute atomic E-state index is 12.4. The van der Waals surface area contributed by atoms with Gasteiger partial charge in [0.15, 0.2) is 17.6 Å². The van der Waals surface area contributed by atoms with Crippen LogP contribution in [0, 0.1) is 0 Å². The molecule has 2 aromatic rings. The average Bonchev–Trinajstić information content (AvgIpc) is 2.77. The van der Waals surface area contributed by atoms with Crippen molar-refractivity contribution in [3.8, 4) is 11.5 Å². The van der Waals surface area contributed by atoms with Gasteiger partial charge in [-0.25, -0.2) is 9.59 Å². The molecule has 160 valence electrons. The van der Waals surface area contributed by atoms with Gasteiger partial charge in [-0.15, -0.1) is 0 Å². The van der Waals surface area contributed by atoms with Gasteiger partial charge in [-0.3, -0.25) is 0 Å². The number of benzene rings is 2. The van der Waals surface area contributed by atoms with Gasteiger partial charge in [0.1, 0.15) is 19.8 Å². The van der Waals surface area contributed by atoms with Crippen LogP contribution in [-0.4, -0.2) is 49.1 Å². The van der Waals surface area contributed by atoms with Crippen LogP contribution < -0.4 is 14.8 Å². The molecule has 8 nitrogen and oxygen atoms in total. The van der Waals surface area contributed by atoms with Gasteiger partial charge in [0, 0.05) is 0 Å². The van der Waals surface area contributed by atoms with E-state index in [1.54, 1.807) is 25.1 Å². The second-order valence-corrected chi connectivity index (χ2v) is 6.69. The van der Waals surface area contributed by atoms with E-state index in [4.69, 9.17) is 18.9 Å². The Morgan fingerprint density at radius 2 is 1.77 bits per heavy atom. The standard InChI is InChI=1S/C22H25NO7/c1-2-27-22(26)23-17(12-16-8-9-18-19(13-16)29-11-10-28-18)20(24)21(25)30-14-15-6-4-3-5-7-15/h3-9,13,17,20,24H,2,10-12,14H2,1H3,(H,23,26). The average molecular weight is 415 g/mol. The highest BCUT2D eigenvalue weighted by atomic mass is 16.6. The van der Waals surface area contributed by atoms with E-state index < -0.39 is 24.2 Å². The third-order valence-corrected chi connectivity index (χ3v) is 4.49. The van der Waals surface area contributed by atoms with Gasteiger partial charge in [0.25, 0.3) is 0 Å². The molecule has 0 aliphatic carbocycles. The van der Waals surface area contributed by atoms with Crippen LogP contribution in [0.4, 0.5) is 4.79 Å². The van der Waals surface area contributed by atoms with Crippen molar-refractivity contribution in [2.24, 2.45) is 0 Å². The Labute approximate surface area is 174 Å². The second-order valence-electron chi connectivity index (χ2n) is 6.69. The summed E-state index contributed by atoms with van der Waals surface area (Å²) in [5.41, 5.74) is 1.54. The lowest BCUT2D eigenvalue weighted by Crippen LogP contribution is -2.49. The molecule has 0 aromatic heterocycles. The molecule has 2 aromatic carbocycles. The molecule has 0 radical (unpaired) electrons. The van der Waals surface area contributed by atoms with E-state index in [1.165, 1.54) is 0 Å². The normalized spacial score (nSPS) is 14.3. The Morgan fingerprint density at radius 3 is 2.50 bits per heavy atom. The fourth-order valence-electron chi connectivity index (χ4n) is 3.01. The summed E-state index contributed by atoms with van der Waals surface area (Å²) in [5, 5.41) is 13.1. The van der Waals surface area contributed by atoms with E-state index in [-0.39, 0.29) is 19.6 Å². The Balaban J connectivity index is 1.69. The molecule has 30 heavy (non-hydrogen) atoms. The molecule has 2 unspecified atom stereocenters. The van der Waals surface area contributed by atoms with E-state index in [0.29, 0.717) is 24.7 Å². The number of fused-ring (bicyclic) bond motifs is 1. The number of alkyl carbamates (subject to hydrolysis) is 1. The zero-order chi connectivity index (χ0) is 21.3. The molecule has 3 rings (SSSR count). The van der Waals surface area contributed by atoms with Crippen molar-refractivity contribution in [2.45, 2.75) is 32.1 Å². The quantitative estimate of drug-likeness (QED) is 0.637. The lowest BCUT2D eigenvalue weighted by molar-refractivity contribution is -0.156. The Morgan fingerprint density at radius 1 is 1.03 bits per heavy atom. The molecule has 0 saturated heterocycles. The number of amides is 1. The number of nitrogens with one attached hydrogen (secondary N) is 1. The molecule has 0 bridgehead atoms. The number of carbonyl (C=O) groups excluding carboxylic acids is 2. The topological polar surface area (TPSA) is 103 Å². The van der Waals surface area contributed by atoms with Gasteiger partial charge >= 0.3 is 12.1 Å². The monoisotopic (exact) mass is 415 g/mol. The minimum atomic E-state index is -1.58. The minimum absolute atomic E-state index is 0.0207. The van der Waals surface area contributed by atoms with Crippen molar-refractivity contribution < 1.29 is 33.6 Å². The molecule has 1 aliphatic heterocycles. The van der Waals surface area contributed by atoms with Gasteiger partial charge in [0.2, 0.25) is 0 Å². The maximum atomic E-state index is 12.4. The summed E-state index contributed by atoms with van der Waals surface area (Å²) in [4.78, 5) is 24.4. The summed E-state index contributed by atoms with van der Waals surface area (Å²) in [7, 11) is 0. The predicted octanol–water partition coefficient (Wildman–Crippen LogP) is 2.22. The molecule has 1 aliphatic rings. The van der Waals surface area contributed by atoms with E-state index in [9.17, 15) is 14.7 Å². The van der Waals surface area contributed by atoms with Crippen LogP contribution in [0.5, 0.6) is 11.5 Å². The Hall–Kier alpha value is -3.26. The van der Waals surface area contributed by atoms with Crippen molar-refractivity contribution >= 4 is 12.1 Å². The van der Waals surface area contributed by atoms with Gasteiger partial charge in [-0.2, -0.15) is 0 Å². The molecule has 2 N–H and O–H groups in total. The number of carbonyl (C=O) groups is 2. The molecule has 0 fully saturated rings. The minimum Gasteiger partial charge on any atom is -0.486 e. The number of aliphatic hydroxyl groups excluding tert-OH is 1. The largest absolute Gasteiger partial charge is 0.486 e. The lowest BCUT2D eigenvalue weighted by Gasteiger charge is -2.24. The number of hydrogen-bond donors (Lipinski definition) is 2. The number of hydrogen-bond acceptors (Lipinski definition) is 7. The van der Waals surface area contributed by atoms with Crippen LogP contribution in [-0.2, 0) is 27.3 Å². The molecule has 0 saturated carbocycles. The zero-order valence-electron chi connectivity index (χ0n) is 16.7.